The van der Waals surface area contributed by atoms with Gasteiger partial charge in [0.15, 0.2) is 0 Å². The van der Waals surface area contributed by atoms with Gasteiger partial charge < -0.3 is 4.98 Å². The van der Waals surface area contributed by atoms with Crippen LogP contribution in [0, 0.1) is 0 Å². The highest BCUT2D eigenvalue weighted by atomic mass is 32.2. The summed E-state index contributed by atoms with van der Waals surface area (Å²) in [7, 11) is -3.53. The van der Waals surface area contributed by atoms with Crippen LogP contribution in [0.4, 0.5) is 0 Å². The summed E-state index contributed by atoms with van der Waals surface area (Å²) >= 11 is 0. The van der Waals surface area contributed by atoms with E-state index < -0.39 is 10.0 Å². The van der Waals surface area contributed by atoms with Crippen molar-refractivity contribution in [3.05, 3.63) is 47.5 Å². The molecule has 1 unspecified atom stereocenters. The van der Waals surface area contributed by atoms with Gasteiger partial charge in [0.25, 0.3) is 0 Å². The number of aromatic nitrogens is 2. The summed E-state index contributed by atoms with van der Waals surface area (Å²) in [6, 6.07) is 5.10. The first kappa shape index (κ1) is 14.3. The molecule has 1 heterocycles. The molecule has 1 aromatic heterocycles. The molecule has 1 atom stereocenters. The number of fused-ring (bicyclic) bond motifs is 1. The smallest absolute Gasteiger partial charge is 0.241 e. The number of nitrogens with one attached hydrogen (secondary N) is 2. The van der Waals surface area contributed by atoms with Crippen molar-refractivity contribution in [2.45, 2.75) is 43.5 Å². The second-order valence-corrected chi connectivity index (χ2v) is 7.05. The van der Waals surface area contributed by atoms with E-state index in [9.17, 15) is 8.42 Å². The molecule has 0 bridgehead atoms. The third-order valence-corrected chi connectivity index (χ3v) is 5.40. The van der Waals surface area contributed by atoms with Crippen LogP contribution in [-0.4, -0.2) is 18.4 Å². The lowest BCUT2D eigenvalue weighted by molar-refractivity contribution is 0.539. The van der Waals surface area contributed by atoms with Crippen LogP contribution >= 0.6 is 0 Å². The Bertz CT molecular complexity index is 723. The number of H-pyrrole nitrogens is 1. The second-order valence-electron chi connectivity index (χ2n) is 5.34. The molecule has 1 aliphatic rings. The molecule has 0 spiro atoms. The van der Waals surface area contributed by atoms with Crippen LogP contribution in [0.2, 0.25) is 0 Å². The van der Waals surface area contributed by atoms with Crippen LogP contribution in [0.3, 0.4) is 0 Å². The number of rotatable bonds is 5. The maximum atomic E-state index is 12.5. The van der Waals surface area contributed by atoms with Gasteiger partial charge in [-0.2, -0.15) is 0 Å². The van der Waals surface area contributed by atoms with Crippen molar-refractivity contribution in [1.82, 2.24) is 14.7 Å². The Balaban J connectivity index is 1.86. The largest absolute Gasteiger partial charge is 0.347 e. The quantitative estimate of drug-likeness (QED) is 0.890. The highest BCUT2D eigenvalue weighted by Gasteiger charge is 2.23. The summed E-state index contributed by atoms with van der Waals surface area (Å²) in [6.45, 7) is 1.93. The summed E-state index contributed by atoms with van der Waals surface area (Å²) in [5.74, 6) is 0.641. The zero-order valence-electron chi connectivity index (χ0n) is 12.0. The number of imidazole rings is 1. The van der Waals surface area contributed by atoms with Gasteiger partial charge in [0.2, 0.25) is 10.0 Å². The van der Waals surface area contributed by atoms with E-state index in [0.717, 1.165) is 24.8 Å². The van der Waals surface area contributed by atoms with Gasteiger partial charge in [-0.05, 0) is 48.9 Å². The molecule has 6 heteroatoms. The lowest BCUT2D eigenvalue weighted by Crippen LogP contribution is -2.29. The van der Waals surface area contributed by atoms with Crippen molar-refractivity contribution >= 4 is 10.0 Å². The summed E-state index contributed by atoms with van der Waals surface area (Å²) in [4.78, 5) is 7.45. The van der Waals surface area contributed by atoms with Crippen LogP contribution in [-0.2, 0) is 22.9 Å². The predicted octanol–water partition coefficient (Wildman–Crippen LogP) is 2.33. The molecule has 0 fully saturated rings. The molecule has 1 aromatic carbocycles. The zero-order chi connectivity index (χ0) is 14.9. The molecule has 1 aliphatic carbocycles. The van der Waals surface area contributed by atoms with Crippen LogP contribution < -0.4 is 4.72 Å². The van der Waals surface area contributed by atoms with E-state index in [-0.39, 0.29) is 6.04 Å². The van der Waals surface area contributed by atoms with Crippen LogP contribution in [0.25, 0.3) is 0 Å². The first-order chi connectivity index (χ1) is 10.1. The van der Waals surface area contributed by atoms with E-state index in [1.807, 2.05) is 13.0 Å². The Morgan fingerprint density at radius 3 is 2.86 bits per heavy atom. The van der Waals surface area contributed by atoms with E-state index in [1.165, 1.54) is 5.56 Å². The van der Waals surface area contributed by atoms with Gasteiger partial charge in [-0.25, -0.2) is 18.1 Å². The van der Waals surface area contributed by atoms with Gasteiger partial charge in [0.05, 0.1) is 10.9 Å². The topological polar surface area (TPSA) is 74.8 Å². The minimum absolute atomic E-state index is 0.335. The van der Waals surface area contributed by atoms with Crippen molar-refractivity contribution in [3.8, 4) is 0 Å². The summed E-state index contributed by atoms with van der Waals surface area (Å²) < 4.78 is 27.8. The van der Waals surface area contributed by atoms with Gasteiger partial charge in [-0.3, -0.25) is 0 Å². The van der Waals surface area contributed by atoms with Crippen molar-refractivity contribution < 1.29 is 8.42 Å². The molecule has 0 saturated carbocycles. The maximum absolute atomic E-state index is 12.5. The molecule has 2 aromatic rings. The van der Waals surface area contributed by atoms with Crippen LogP contribution in [0.15, 0.2) is 35.5 Å². The average Bonchev–Trinajstić information content (AvgIpc) is 3.14. The standard InChI is InChI=1S/C15H19N3O2S/c1-2-14(15-16-8-9-17-15)18-21(19,20)13-7-6-11-4-3-5-12(11)10-13/h6-10,14,18H,2-5H2,1H3,(H,16,17). The highest BCUT2D eigenvalue weighted by molar-refractivity contribution is 7.89. The molecule has 5 nitrogen and oxygen atoms in total. The number of nitrogens with zero attached hydrogens (tertiary/aromatic N) is 1. The van der Waals surface area contributed by atoms with E-state index in [0.29, 0.717) is 17.1 Å². The molecule has 0 amide bonds. The molecular weight excluding hydrogens is 286 g/mol. The second kappa shape index (κ2) is 5.61. The lowest BCUT2D eigenvalue weighted by Gasteiger charge is -2.15. The normalized spacial score (nSPS) is 15.9. The molecule has 0 radical (unpaired) electrons. The molecule has 0 aliphatic heterocycles. The van der Waals surface area contributed by atoms with Crippen molar-refractivity contribution in [2.24, 2.45) is 0 Å². The maximum Gasteiger partial charge on any atom is 0.241 e. The monoisotopic (exact) mass is 305 g/mol. The predicted molar refractivity (Wildman–Crippen MR) is 80.4 cm³/mol. The van der Waals surface area contributed by atoms with Crippen LogP contribution in [0.1, 0.15) is 42.8 Å². The Labute approximate surface area is 124 Å². The minimum Gasteiger partial charge on any atom is -0.347 e. The first-order valence-electron chi connectivity index (χ1n) is 7.23. The Hall–Kier alpha value is -1.66. The molecule has 112 valence electrons. The van der Waals surface area contributed by atoms with E-state index in [2.05, 4.69) is 14.7 Å². The van der Waals surface area contributed by atoms with Crippen molar-refractivity contribution in [2.75, 3.05) is 0 Å². The van der Waals surface area contributed by atoms with Gasteiger partial charge in [0.1, 0.15) is 5.82 Å². The summed E-state index contributed by atoms with van der Waals surface area (Å²) in [5.41, 5.74) is 2.43. The van der Waals surface area contributed by atoms with Gasteiger partial charge in [-0.1, -0.05) is 13.0 Å². The average molecular weight is 305 g/mol. The number of sulfonamides is 1. The Kier molecular flexibility index (Phi) is 3.82. The molecule has 0 saturated heterocycles. The highest BCUT2D eigenvalue weighted by Crippen LogP contribution is 2.25. The van der Waals surface area contributed by atoms with Gasteiger partial charge >= 0.3 is 0 Å². The zero-order valence-corrected chi connectivity index (χ0v) is 12.8. The Morgan fingerprint density at radius 2 is 2.14 bits per heavy atom. The number of hydrogen-bond acceptors (Lipinski definition) is 3. The van der Waals surface area contributed by atoms with E-state index in [1.54, 1.807) is 24.5 Å². The number of benzene rings is 1. The van der Waals surface area contributed by atoms with Gasteiger partial charge in [-0.15, -0.1) is 0 Å². The van der Waals surface area contributed by atoms with E-state index >= 15 is 0 Å². The van der Waals surface area contributed by atoms with Crippen LogP contribution in [0.5, 0.6) is 0 Å². The Morgan fingerprint density at radius 1 is 1.33 bits per heavy atom. The first-order valence-corrected chi connectivity index (χ1v) is 8.72. The minimum atomic E-state index is -3.53. The van der Waals surface area contributed by atoms with E-state index in [4.69, 9.17) is 0 Å². The number of aryl methyl sites for hydroxylation is 2. The lowest BCUT2D eigenvalue weighted by atomic mass is 10.1. The molecule has 3 rings (SSSR count). The SMILES string of the molecule is CCC(NS(=O)(=O)c1ccc2c(c1)CCC2)c1ncc[nH]1. The fourth-order valence-electron chi connectivity index (χ4n) is 2.77. The number of aromatic amines is 1. The summed E-state index contributed by atoms with van der Waals surface area (Å²) in [6.07, 6.45) is 7.08. The number of hydrogen-bond donors (Lipinski definition) is 2. The molecule has 2 N–H and O–H groups in total. The fourth-order valence-corrected chi connectivity index (χ4v) is 4.10. The van der Waals surface area contributed by atoms with Crippen molar-refractivity contribution in [1.29, 1.82) is 0 Å². The molecular formula is C15H19N3O2S. The fraction of sp³-hybridized carbons (Fsp3) is 0.400. The van der Waals surface area contributed by atoms with Gasteiger partial charge in [0, 0.05) is 12.4 Å². The summed E-state index contributed by atoms with van der Waals surface area (Å²) in [5, 5.41) is 0. The third kappa shape index (κ3) is 2.87. The third-order valence-electron chi connectivity index (χ3n) is 3.94. The molecule has 21 heavy (non-hydrogen) atoms. The van der Waals surface area contributed by atoms with Crippen molar-refractivity contribution in [3.63, 3.8) is 0 Å².